The zero-order valence-electron chi connectivity index (χ0n) is 16.7. The van der Waals surface area contributed by atoms with E-state index in [1.165, 1.54) is 4.90 Å². The number of nitrogens with zero attached hydrogens (tertiary/aromatic N) is 1. The number of nitrogens with one attached hydrogen (secondary N) is 1. The van der Waals surface area contributed by atoms with Gasteiger partial charge in [0.15, 0.2) is 0 Å². The zero-order valence-corrected chi connectivity index (χ0v) is 16.7. The molecule has 2 aromatic carbocycles. The fourth-order valence-corrected chi connectivity index (χ4v) is 3.20. The molecule has 0 bridgehead atoms. The maximum absolute atomic E-state index is 12.6. The maximum atomic E-state index is 12.6. The van der Waals surface area contributed by atoms with Crippen LogP contribution in [0.4, 0.5) is 5.69 Å². The summed E-state index contributed by atoms with van der Waals surface area (Å²) in [5, 5.41) is 2.73. The number of anilines is 1. The number of carbonyl (C=O) groups excluding carboxylic acids is 3. The number of amides is 3. The van der Waals surface area contributed by atoms with Gasteiger partial charge >= 0.3 is 0 Å². The van der Waals surface area contributed by atoms with Gasteiger partial charge in [-0.15, -0.1) is 0 Å². The molecule has 0 unspecified atom stereocenters. The summed E-state index contributed by atoms with van der Waals surface area (Å²) in [6.45, 7) is 5.78. The average Bonchev–Trinajstić information content (AvgIpc) is 2.95. The highest BCUT2D eigenvalue weighted by Gasteiger charge is 2.44. The SMILES string of the molecule is CCOc1ccc(NC(=O)COCC(C)(C)N2C(=O)c3ccccc3C2=O)cc1. The van der Waals surface area contributed by atoms with Crippen LogP contribution < -0.4 is 10.1 Å². The summed E-state index contributed by atoms with van der Waals surface area (Å²) in [4.78, 5) is 38.6. The third kappa shape index (κ3) is 4.46. The summed E-state index contributed by atoms with van der Waals surface area (Å²) in [6.07, 6.45) is 0. The van der Waals surface area contributed by atoms with Crippen molar-refractivity contribution < 1.29 is 23.9 Å². The average molecular weight is 396 g/mol. The van der Waals surface area contributed by atoms with Crippen LogP contribution in [0.3, 0.4) is 0 Å². The number of rotatable bonds is 8. The van der Waals surface area contributed by atoms with Crippen molar-refractivity contribution in [1.82, 2.24) is 4.90 Å². The van der Waals surface area contributed by atoms with Gasteiger partial charge in [0.25, 0.3) is 11.8 Å². The van der Waals surface area contributed by atoms with Gasteiger partial charge in [0.2, 0.25) is 5.91 Å². The van der Waals surface area contributed by atoms with Gasteiger partial charge in [-0.3, -0.25) is 19.3 Å². The van der Waals surface area contributed by atoms with Crippen molar-refractivity contribution in [3.63, 3.8) is 0 Å². The molecular formula is C22H24N2O5. The summed E-state index contributed by atoms with van der Waals surface area (Å²) in [7, 11) is 0. The predicted octanol–water partition coefficient (Wildman–Crippen LogP) is 3.12. The topological polar surface area (TPSA) is 84.9 Å². The molecule has 1 aliphatic rings. The second-order valence-corrected chi connectivity index (χ2v) is 7.30. The monoisotopic (exact) mass is 396 g/mol. The van der Waals surface area contributed by atoms with Gasteiger partial charge in [-0.2, -0.15) is 0 Å². The van der Waals surface area contributed by atoms with Gasteiger partial charge in [-0.1, -0.05) is 12.1 Å². The lowest BCUT2D eigenvalue weighted by Gasteiger charge is -2.33. The van der Waals surface area contributed by atoms with Gasteiger partial charge in [-0.05, 0) is 57.2 Å². The minimum Gasteiger partial charge on any atom is -0.494 e. The van der Waals surface area contributed by atoms with E-state index in [1.807, 2.05) is 6.92 Å². The van der Waals surface area contributed by atoms with Gasteiger partial charge in [0.1, 0.15) is 12.4 Å². The van der Waals surface area contributed by atoms with Crippen molar-refractivity contribution >= 4 is 23.4 Å². The normalized spacial score (nSPS) is 13.4. The van der Waals surface area contributed by atoms with Crippen molar-refractivity contribution in [2.75, 3.05) is 25.1 Å². The number of hydrogen-bond donors (Lipinski definition) is 1. The van der Waals surface area contributed by atoms with E-state index in [9.17, 15) is 14.4 Å². The molecule has 1 heterocycles. The van der Waals surface area contributed by atoms with Gasteiger partial charge < -0.3 is 14.8 Å². The molecule has 3 amide bonds. The van der Waals surface area contributed by atoms with E-state index >= 15 is 0 Å². The standard InChI is InChI=1S/C22H24N2O5/c1-4-29-16-11-9-15(10-12-16)23-19(25)13-28-14-22(2,3)24-20(26)17-7-5-6-8-18(17)21(24)27/h5-12H,4,13-14H2,1-3H3,(H,23,25). The fourth-order valence-electron chi connectivity index (χ4n) is 3.20. The van der Waals surface area contributed by atoms with Crippen molar-refractivity contribution in [3.8, 4) is 5.75 Å². The Kier molecular flexibility index (Phi) is 5.98. The van der Waals surface area contributed by atoms with Crippen LogP contribution in [0.5, 0.6) is 5.75 Å². The minimum absolute atomic E-state index is 0.0369. The molecule has 7 heteroatoms. The second-order valence-electron chi connectivity index (χ2n) is 7.30. The zero-order chi connectivity index (χ0) is 21.0. The molecule has 1 aliphatic heterocycles. The molecule has 0 saturated heterocycles. The Morgan fingerprint density at radius 3 is 2.14 bits per heavy atom. The van der Waals surface area contributed by atoms with E-state index in [2.05, 4.69) is 5.32 Å². The number of fused-ring (bicyclic) bond motifs is 1. The predicted molar refractivity (Wildman–Crippen MR) is 108 cm³/mol. The molecule has 0 aliphatic carbocycles. The number of ether oxygens (including phenoxy) is 2. The summed E-state index contributed by atoms with van der Waals surface area (Å²) in [5.74, 6) is -0.298. The molecular weight excluding hydrogens is 372 g/mol. The third-order valence-electron chi connectivity index (χ3n) is 4.54. The highest BCUT2D eigenvalue weighted by Crippen LogP contribution is 2.29. The first-order valence-corrected chi connectivity index (χ1v) is 9.42. The summed E-state index contributed by atoms with van der Waals surface area (Å²) < 4.78 is 10.9. The number of imide groups is 1. The van der Waals surface area contributed by atoms with Crippen molar-refractivity contribution in [2.45, 2.75) is 26.3 Å². The van der Waals surface area contributed by atoms with E-state index in [4.69, 9.17) is 9.47 Å². The van der Waals surface area contributed by atoms with Crippen molar-refractivity contribution in [2.24, 2.45) is 0 Å². The first-order chi connectivity index (χ1) is 13.8. The highest BCUT2D eigenvalue weighted by atomic mass is 16.5. The van der Waals surface area contributed by atoms with E-state index in [0.29, 0.717) is 23.4 Å². The van der Waals surface area contributed by atoms with Crippen LogP contribution in [0.25, 0.3) is 0 Å². The first-order valence-electron chi connectivity index (χ1n) is 9.42. The molecule has 1 N–H and O–H groups in total. The Balaban J connectivity index is 1.53. The van der Waals surface area contributed by atoms with E-state index in [-0.39, 0.29) is 30.9 Å². The molecule has 0 radical (unpaired) electrons. The van der Waals surface area contributed by atoms with E-state index < -0.39 is 5.54 Å². The molecule has 2 aromatic rings. The quantitative estimate of drug-likeness (QED) is 0.693. The number of hydrogen-bond acceptors (Lipinski definition) is 5. The Bertz CT molecular complexity index is 886. The molecule has 3 rings (SSSR count). The second kappa shape index (κ2) is 8.45. The van der Waals surface area contributed by atoms with Crippen molar-refractivity contribution in [3.05, 3.63) is 59.7 Å². The lowest BCUT2D eigenvalue weighted by atomic mass is 10.0. The van der Waals surface area contributed by atoms with Crippen LogP contribution in [-0.4, -0.2) is 48.0 Å². The van der Waals surface area contributed by atoms with Crippen LogP contribution >= 0.6 is 0 Å². The molecule has 152 valence electrons. The van der Waals surface area contributed by atoms with E-state index in [0.717, 1.165) is 5.75 Å². The minimum atomic E-state index is -0.896. The summed E-state index contributed by atoms with van der Waals surface area (Å²) in [6, 6.07) is 13.7. The Labute approximate surface area is 169 Å². The lowest BCUT2D eigenvalue weighted by molar-refractivity contribution is -0.121. The Morgan fingerprint density at radius 2 is 1.59 bits per heavy atom. The highest BCUT2D eigenvalue weighted by molar-refractivity contribution is 6.21. The Morgan fingerprint density at radius 1 is 1.00 bits per heavy atom. The van der Waals surface area contributed by atoms with Crippen LogP contribution in [-0.2, 0) is 9.53 Å². The smallest absolute Gasteiger partial charge is 0.262 e. The molecule has 0 aromatic heterocycles. The molecule has 0 saturated carbocycles. The van der Waals surface area contributed by atoms with Gasteiger partial charge in [0.05, 0.1) is 29.9 Å². The van der Waals surface area contributed by atoms with Crippen LogP contribution in [0.15, 0.2) is 48.5 Å². The fraction of sp³-hybridized carbons (Fsp3) is 0.318. The van der Waals surface area contributed by atoms with Crippen LogP contribution in [0.2, 0.25) is 0 Å². The molecule has 7 nitrogen and oxygen atoms in total. The maximum Gasteiger partial charge on any atom is 0.262 e. The van der Waals surface area contributed by atoms with Gasteiger partial charge in [-0.25, -0.2) is 0 Å². The van der Waals surface area contributed by atoms with Crippen LogP contribution in [0.1, 0.15) is 41.5 Å². The van der Waals surface area contributed by atoms with Crippen molar-refractivity contribution in [1.29, 1.82) is 0 Å². The lowest BCUT2D eigenvalue weighted by Crippen LogP contribution is -2.50. The molecule has 29 heavy (non-hydrogen) atoms. The number of benzene rings is 2. The molecule has 0 atom stereocenters. The third-order valence-corrected chi connectivity index (χ3v) is 4.54. The van der Waals surface area contributed by atoms with E-state index in [1.54, 1.807) is 62.4 Å². The number of carbonyl (C=O) groups is 3. The Hall–Kier alpha value is -3.19. The molecule has 0 fully saturated rings. The molecule has 0 spiro atoms. The summed E-state index contributed by atoms with van der Waals surface area (Å²) >= 11 is 0. The largest absolute Gasteiger partial charge is 0.494 e. The summed E-state index contributed by atoms with van der Waals surface area (Å²) in [5.41, 5.74) is 0.506. The van der Waals surface area contributed by atoms with Crippen LogP contribution in [0, 0.1) is 0 Å². The first kappa shape index (κ1) is 20.5. The van der Waals surface area contributed by atoms with Gasteiger partial charge in [0, 0.05) is 5.69 Å².